The van der Waals surface area contributed by atoms with Crippen molar-refractivity contribution in [2.24, 2.45) is 0 Å². The molecule has 2 heterocycles. The van der Waals surface area contributed by atoms with E-state index in [2.05, 4.69) is 6.19 Å². The first-order valence-corrected chi connectivity index (χ1v) is 3.63. The summed E-state index contributed by atoms with van der Waals surface area (Å²) in [4.78, 5) is 1.78. The summed E-state index contributed by atoms with van der Waals surface area (Å²) in [5, 5.41) is 8.54. The van der Waals surface area contributed by atoms with Crippen molar-refractivity contribution in [2.75, 3.05) is 19.7 Å². The number of ether oxygens (including phenoxy) is 1. The lowest BCUT2D eigenvalue weighted by atomic mass is 9.94. The van der Waals surface area contributed by atoms with Crippen LogP contribution in [0.25, 0.3) is 0 Å². The first-order chi connectivity index (χ1) is 4.85. The van der Waals surface area contributed by atoms with Crippen LogP contribution in [0.1, 0.15) is 12.8 Å². The lowest BCUT2D eigenvalue weighted by Gasteiger charge is -2.37. The van der Waals surface area contributed by atoms with Gasteiger partial charge in [0.05, 0.1) is 18.8 Å². The minimum absolute atomic E-state index is 0.0930. The highest BCUT2D eigenvalue weighted by Crippen LogP contribution is 2.35. The van der Waals surface area contributed by atoms with E-state index < -0.39 is 0 Å². The molecule has 0 aromatic heterocycles. The molecule has 2 fully saturated rings. The van der Waals surface area contributed by atoms with E-state index in [1.165, 1.54) is 0 Å². The van der Waals surface area contributed by atoms with Crippen LogP contribution < -0.4 is 0 Å². The van der Waals surface area contributed by atoms with Gasteiger partial charge in [-0.3, -0.25) is 0 Å². The molecule has 0 aliphatic carbocycles. The highest BCUT2D eigenvalue weighted by Gasteiger charge is 2.44. The number of hydrogen-bond donors (Lipinski definition) is 0. The maximum atomic E-state index is 8.54. The lowest BCUT2D eigenvalue weighted by Crippen LogP contribution is -2.45. The molecule has 1 atom stereocenters. The van der Waals surface area contributed by atoms with Gasteiger partial charge < -0.3 is 9.64 Å². The second kappa shape index (κ2) is 1.86. The van der Waals surface area contributed by atoms with E-state index in [-0.39, 0.29) is 5.60 Å². The number of rotatable bonds is 0. The Hall–Kier alpha value is -0.750. The predicted molar refractivity (Wildman–Crippen MR) is 35.1 cm³/mol. The summed E-state index contributed by atoms with van der Waals surface area (Å²) >= 11 is 0. The molecule has 0 aromatic rings. The van der Waals surface area contributed by atoms with Crippen molar-refractivity contribution in [1.82, 2.24) is 4.90 Å². The Morgan fingerprint density at radius 3 is 2.60 bits per heavy atom. The highest BCUT2D eigenvalue weighted by atomic mass is 16.5. The maximum Gasteiger partial charge on any atom is 0.179 e. The number of hydrogen-bond acceptors (Lipinski definition) is 3. The van der Waals surface area contributed by atoms with Gasteiger partial charge in [-0.05, 0) is 6.42 Å². The fourth-order valence-electron chi connectivity index (χ4n) is 1.64. The predicted octanol–water partition coefficient (Wildman–Crippen LogP) is 0.332. The third kappa shape index (κ3) is 0.691. The average Bonchev–Trinajstić information content (AvgIpc) is 2.29. The summed E-state index contributed by atoms with van der Waals surface area (Å²) in [5.74, 6) is 0. The molecular formula is C7H10N2O. The smallest absolute Gasteiger partial charge is 0.179 e. The van der Waals surface area contributed by atoms with Crippen LogP contribution in [0, 0.1) is 11.5 Å². The van der Waals surface area contributed by atoms with Crippen LogP contribution in [0.4, 0.5) is 0 Å². The molecule has 1 spiro atoms. The first-order valence-electron chi connectivity index (χ1n) is 3.63. The molecule has 2 aliphatic rings. The van der Waals surface area contributed by atoms with Crippen molar-refractivity contribution in [3.05, 3.63) is 0 Å². The Morgan fingerprint density at radius 2 is 2.30 bits per heavy atom. The standard InChI is InChI=1S/C7H10N2O/c8-6-9-3-1-7(5-9)2-4-10-7/h1-5H2/t7-/m1/s1. The van der Waals surface area contributed by atoms with Gasteiger partial charge in [0.1, 0.15) is 0 Å². The van der Waals surface area contributed by atoms with Crippen molar-refractivity contribution in [1.29, 1.82) is 5.26 Å². The summed E-state index contributed by atoms with van der Waals surface area (Å²) < 4.78 is 5.42. The third-order valence-electron chi connectivity index (χ3n) is 2.42. The molecule has 0 bridgehead atoms. The minimum Gasteiger partial charge on any atom is -0.373 e. The van der Waals surface area contributed by atoms with Crippen molar-refractivity contribution < 1.29 is 4.74 Å². The Balaban J connectivity index is 2.00. The minimum atomic E-state index is 0.0930. The Bertz CT molecular complexity index is 181. The van der Waals surface area contributed by atoms with Gasteiger partial charge in [-0.1, -0.05) is 0 Å². The van der Waals surface area contributed by atoms with Crippen molar-refractivity contribution in [2.45, 2.75) is 18.4 Å². The molecule has 3 heteroatoms. The molecule has 10 heavy (non-hydrogen) atoms. The van der Waals surface area contributed by atoms with Crippen molar-refractivity contribution in [3.8, 4) is 6.19 Å². The van der Waals surface area contributed by atoms with Gasteiger partial charge in [0.25, 0.3) is 0 Å². The quantitative estimate of drug-likeness (QED) is 0.453. The van der Waals surface area contributed by atoms with Crippen LogP contribution in [0.2, 0.25) is 0 Å². The van der Waals surface area contributed by atoms with Crippen LogP contribution in [0.3, 0.4) is 0 Å². The van der Waals surface area contributed by atoms with E-state index in [0.29, 0.717) is 0 Å². The zero-order valence-corrected chi connectivity index (χ0v) is 5.84. The monoisotopic (exact) mass is 138 g/mol. The SMILES string of the molecule is N#CN1CC[C@@]2(CCO2)C1. The van der Waals surface area contributed by atoms with E-state index in [9.17, 15) is 0 Å². The summed E-state index contributed by atoms with van der Waals surface area (Å²) in [6, 6.07) is 0. The summed E-state index contributed by atoms with van der Waals surface area (Å²) in [6.45, 7) is 2.60. The van der Waals surface area contributed by atoms with Crippen molar-refractivity contribution >= 4 is 0 Å². The fraction of sp³-hybridized carbons (Fsp3) is 0.857. The number of likely N-dealkylation sites (tertiary alicyclic amines) is 1. The molecule has 3 nitrogen and oxygen atoms in total. The number of nitrogens with zero attached hydrogens (tertiary/aromatic N) is 2. The van der Waals surface area contributed by atoms with Gasteiger partial charge in [-0.15, -0.1) is 0 Å². The molecule has 0 radical (unpaired) electrons. The van der Waals surface area contributed by atoms with Gasteiger partial charge in [-0.25, -0.2) is 0 Å². The molecule has 0 amide bonds. The van der Waals surface area contributed by atoms with Crippen LogP contribution >= 0.6 is 0 Å². The molecule has 54 valence electrons. The summed E-state index contributed by atoms with van der Waals surface area (Å²) in [6.07, 6.45) is 4.33. The second-order valence-electron chi connectivity index (χ2n) is 3.05. The largest absolute Gasteiger partial charge is 0.373 e. The normalized spacial score (nSPS) is 37.7. The second-order valence-corrected chi connectivity index (χ2v) is 3.05. The molecule has 0 unspecified atom stereocenters. The van der Waals surface area contributed by atoms with Gasteiger partial charge in [0.15, 0.2) is 6.19 Å². The Morgan fingerprint density at radius 1 is 1.50 bits per heavy atom. The molecule has 0 N–H and O–H groups in total. The van der Waals surface area contributed by atoms with Gasteiger partial charge in [-0.2, -0.15) is 5.26 Å². The van der Waals surface area contributed by atoms with Crippen LogP contribution in [0.15, 0.2) is 0 Å². The summed E-state index contributed by atoms with van der Waals surface area (Å²) in [5.41, 5.74) is 0.0930. The molecule has 0 aromatic carbocycles. The number of nitriles is 1. The third-order valence-corrected chi connectivity index (χ3v) is 2.42. The van der Waals surface area contributed by atoms with Gasteiger partial charge in [0, 0.05) is 13.0 Å². The van der Waals surface area contributed by atoms with Crippen LogP contribution in [0.5, 0.6) is 0 Å². The van der Waals surface area contributed by atoms with E-state index in [0.717, 1.165) is 32.5 Å². The Kier molecular flexibility index (Phi) is 1.12. The molecule has 2 aliphatic heterocycles. The molecular weight excluding hydrogens is 128 g/mol. The zero-order chi connectivity index (χ0) is 7.03. The molecule has 0 saturated carbocycles. The fourth-order valence-corrected chi connectivity index (χ4v) is 1.64. The average molecular weight is 138 g/mol. The highest BCUT2D eigenvalue weighted by molar-refractivity contribution is 4.99. The maximum absolute atomic E-state index is 8.54. The van der Waals surface area contributed by atoms with Gasteiger partial charge in [0.2, 0.25) is 0 Å². The van der Waals surface area contributed by atoms with Crippen LogP contribution in [-0.2, 0) is 4.74 Å². The summed E-state index contributed by atoms with van der Waals surface area (Å²) in [7, 11) is 0. The van der Waals surface area contributed by atoms with Gasteiger partial charge >= 0.3 is 0 Å². The van der Waals surface area contributed by atoms with E-state index in [1.807, 2.05) is 0 Å². The first kappa shape index (κ1) is 5.99. The lowest BCUT2D eigenvalue weighted by molar-refractivity contribution is -0.135. The van der Waals surface area contributed by atoms with E-state index in [1.54, 1.807) is 4.90 Å². The zero-order valence-electron chi connectivity index (χ0n) is 5.84. The van der Waals surface area contributed by atoms with E-state index >= 15 is 0 Å². The van der Waals surface area contributed by atoms with E-state index in [4.69, 9.17) is 10.00 Å². The Labute approximate surface area is 60.2 Å². The topological polar surface area (TPSA) is 36.3 Å². The van der Waals surface area contributed by atoms with Crippen molar-refractivity contribution in [3.63, 3.8) is 0 Å². The van der Waals surface area contributed by atoms with Crippen LogP contribution in [-0.4, -0.2) is 30.2 Å². The molecule has 2 rings (SSSR count). The molecule has 2 saturated heterocycles.